The zero-order valence-corrected chi connectivity index (χ0v) is 19.2. The van der Waals surface area contributed by atoms with Gasteiger partial charge in [-0.25, -0.2) is 4.39 Å². The van der Waals surface area contributed by atoms with Gasteiger partial charge in [0.05, 0.1) is 0 Å². The molecule has 1 aliphatic carbocycles. The smallest absolute Gasteiger partial charge is 0.132 e. The molecule has 0 spiro atoms. The molecule has 164 valence electrons. The third kappa shape index (κ3) is 4.76. The first-order valence-electron chi connectivity index (χ1n) is 12.0. The molecule has 0 atom stereocenters. The Morgan fingerprint density at radius 3 is 2.32 bits per heavy atom. The molecular weight excluding hydrogens is 383 g/mol. The highest BCUT2D eigenvalue weighted by molar-refractivity contribution is 5.83. The molecule has 1 heterocycles. The van der Waals surface area contributed by atoms with Gasteiger partial charge < -0.3 is 0 Å². The van der Waals surface area contributed by atoms with Crippen LogP contribution in [0.15, 0.2) is 48.5 Å². The van der Waals surface area contributed by atoms with Gasteiger partial charge in [-0.3, -0.25) is 4.68 Å². The van der Waals surface area contributed by atoms with Gasteiger partial charge in [-0.05, 0) is 61.3 Å². The first-order valence-corrected chi connectivity index (χ1v) is 12.0. The average Bonchev–Trinajstić information content (AvgIpc) is 3.13. The molecule has 0 aliphatic heterocycles. The van der Waals surface area contributed by atoms with Crippen LogP contribution in [-0.2, 0) is 13.0 Å². The van der Waals surface area contributed by atoms with Gasteiger partial charge in [-0.2, -0.15) is 5.10 Å². The largest absolute Gasteiger partial charge is 0.268 e. The molecule has 2 aromatic carbocycles. The number of halogens is 1. The predicted octanol–water partition coefficient (Wildman–Crippen LogP) is 7.83. The standard InChI is InChI=1S/C28H35FN2/c1-4-9-21-13-15-22(16-14-21)19-31-26(5-2)27(23-10-7-6-8-11-23)28(30-31)24-17-12-20(3)18-25(24)29/h6-8,10-12,17-18,21-22H,4-5,9,13-16,19H2,1-3H3. The van der Waals surface area contributed by atoms with Gasteiger partial charge in [0.15, 0.2) is 0 Å². The summed E-state index contributed by atoms with van der Waals surface area (Å²) in [5, 5.41) is 5.04. The first-order chi connectivity index (χ1) is 15.1. The van der Waals surface area contributed by atoms with Crippen molar-refractivity contribution in [1.29, 1.82) is 0 Å². The topological polar surface area (TPSA) is 17.8 Å². The zero-order valence-electron chi connectivity index (χ0n) is 19.2. The van der Waals surface area contributed by atoms with E-state index >= 15 is 4.39 Å². The van der Waals surface area contributed by atoms with E-state index in [1.54, 1.807) is 6.07 Å². The van der Waals surface area contributed by atoms with Crippen LogP contribution in [0.4, 0.5) is 4.39 Å². The van der Waals surface area contributed by atoms with Crippen LogP contribution >= 0.6 is 0 Å². The van der Waals surface area contributed by atoms with Crippen molar-refractivity contribution in [2.24, 2.45) is 11.8 Å². The van der Waals surface area contributed by atoms with Crippen molar-refractivity contribution in [1.82, 2.24) is 9.78 Å². The van der Waals surface area contributed by atoms with E-state index in [9.17, 15) is 0 Å². The Morgan fingerprint density at radius 1 is 0.968 bits per heavy atom. The van der Waals surface area contributed by atoms with Crippen molar-refractivity contribution in [3.63, 3.8) is 0 Å². The summed E-state index contributed by atoms with van der Waals surface area (Å²) in [4.78, 5) is 0. The maximum Gasteiger partial charge on any atom is 0.132 e. The average molecular weight is 419 g/mol. The van der Waals surface area contributed by atoms with Crippen LogP contribution in [0.1, 0.15) is 63.6 Å². The van der Waals surface area contributed by atoms with Crippen LogP contribution in [0.3, 0.4) is 0 Å². The molecular formula is C28H35FN2. The van der Waals surface area contributed by atoms with Crippen molar-refractivity contribution in [3.8, 4) is 22.4 Å². The van der Waals surface area contributed by atoms with Crippen LogP contribution in [-0.4, -0.2) is 9.78 Å². The molecule has 31 heavy (non-hydrogen) atoms. The lowest BCUT2D eigenvalue weighted by Crippen LogP contribution is -2.20. The van der Waals surface area contributed by atoms with Crippen LogP contribution in [0.25, 0.3) is 22.4 Å². The maximum absolute atomic E-state index is 15.0. The van der Waals surface area contributed by atoms with E-state index in [4.69, 9.17) is 5.10 Å². The first kappa shape index (κ1) is 21.8. The van der Waals surface area contributed by atoms with Gasteiger partial charge in [-0.15, -0.1) is 0 Å². The molecule has 0 N–H and O–H groups in total. The molecule has 1 aromatic heterocycles. The second-order valence-corrected chi connectivity index (χ2v) is 9.23. The number of aromatic nitrogens is 2. The molecule has 2 nitrogen and oxygen atoms in total. The third-order valence-electron chi connectivity index (χ3n) is 6.93. The fourth-order valence-electron chi connectivity index (χ4n) is 5.27. The fraction of sp³-hybridized carbons (Fsp3) is 0.464. The Bertz CT molecular complexity index is 997. The number of hydrogen-bond acceptors (Lipinski definition) is 1. The van der Waals surface area contributed by atoms with Gasteiger partial charge >= 0.3 is 0 Å². The number of hydrogen-bond donors (Lipinski definition) is 0. The highest BCUT2D eigenvalue weighted by Gasteiger charge is 2.25. The molecule has 1 fully saturated rings. The van der Waals surface area contributed by atoms with Crippen LogP contribution in [0.2, 0.25) is 0 Å². The summed E-state index contributed by atoms with van der Waals surface area (Å²) < 4.78 is 17.2. The Morgan fingerprint density at radius 2 is 1.68 bits per heavy atom. The summed E-state index contributed by atoms with van der Waals surface area (Å²) in [6.07, 6.45) is 8.78. The Labute approximate surface area is 186 Å². The number of aryl methyl sites for hydroxylation is 1. The second kappa shape index (κ2) is 9.80. The van der Waals surface area contributed by atoms with E-state index in [-0.39, 0.29) is 5.82 Å². The Kier molecular flexibility index (Phi) is 6.89. The Balaban J connectivity index is 1.72. The van der Waals surface area contributed by atoms with Crippen molar-refractivity contribution in [3.05, 3.63) is 65.6 Å². The number of benzene rings is 2. The van der Waals surface area contributed by atoms with Crippen molar-refractivity contribution >= 4 is 0 Å². The molecule has 1 aliphatic rings. The van der Waals surface area contributed by atoms with Crippen LogP contribution in [0.5, 0.6) is 0 Å². The van der Waals surface area contributed by atoms with Gasteiger partial charge in [0.2, 0.25) is 0 Å². The highest BCUT2D eigenvalue weighted by Crippen LogP contribution is 2.38. The van der Waals surface area contributed by atoms with Crippen LogP contribution in [0, 0.1) is 24.6 Å². The normalized spacial score (nSPS) is 19.0. The maximum atomic E-state index is 15.0. The molecule has 4 rings (SSSR count). The van der Waals surface area contributed by atoms with Crippen molar-refractivity contribution in [2.45, 2.75) is 72.3 Å². The van der Waals surface area contributed by atoms with Gasteiger partial charge in [-0.1, -0.05) is 75.9 Å². The molecule has 0 saturated heterocycles. The molecule has 1 saturated carbocycles. The van der Waals surface area contributed by atoms with Gasteiger partial charge in [0.25, 0.3) is 0 Å². The second-order valence-electron chi connectivity index (χ2n) is 9.23. The summed E-state index contributed by atoms with van der Waals surface area (Å²) in [6.45, 7) is 7.35. The third-order valence-corrected chi connectivity index (χ3v) is 6.93. The van der Waals surface area contributed by atoms with E-state index in [0.717, 1.165) is 41.3 Å². The molecule has 0 unspecified atom stereocenters. The van der Waals surface area contributed by atoms with Crippen molar-refractivity contribution in [2.75, 3.05) is 0 Å². The lowest BCUT2D eigenvalue weighted by molar-refractivity contribution is 0.235. The van der Waals surface area contributed by atoms with E-state index in [1.807, 2.05) is 25.1 Å². The van der Waals surface area contributed by atoms with Crippen LogP contribution < -0.4 is 0 Å². The fourth-order valence-corrected chi connectivity index (χ4v) is 5.27. The molecule has 3 heteroatoms. The van der Waals surface area contributed by atoms with Gasteiger partial charge in [0, 0.05) is 23.4 Å². The minimum atomic E-state index is -0.190. The van der Waals surface area contributed by atoms with E-state index in [0.29, 0.717) is 11.5 Å². The molecule has 0 bridgehead atoms. The molecule has 0 amide bonds. The summed E-state index contributed by atoms with van der Waals surface area (Å²) in [7, 11) is 0. The lowest BCUT2D eigenvalue weighted by atomic mass is 9.80. The van der Waals surface area contributed by atoms with Gasteiger partial charge in [0.1, 0.15) is 11.5 Å². The summed E-state index contributed by atoms with van der Waals surface area (Å²) in [5.74, 6) is 1.38. The summed E-state index contributed by atoms with van der Waals surface area (Å²) in [5.41, 5.74) is 5.74. The summed E-state index contributed by atoms with van der Waals surface area (Å²) >= 11 is 0. The molecule has 3 aromatic rings. The lowest BCUT2D eigenvalue weighted by Gasteiger charge is -2.28. The molecule has 0 radical (unpaired) electrons. The van der Waals surface area contributed by atoms with Crippen molar-refractivity contribution < 1.29 is 4.39 Å². The zero-order chi connectivity index (χ0) is 21.8. The van der Waals surface area contributed by atoms with E-state index < -0.39 is 0 Å². The predicted molar refractivity (Wildman–Crippen MR) is 128 cm³/mol. The number of nitrogens with zero attached hydrogens (tertiary/aromatic N) is 2. The SMILES string of the molecule is CCCC1CCC(Cn2nc(-c3ccc(C)cc3F)c(-c3ccccc3)c2CC)CC1. The quantitative estimate of drug-likeness (QED) is 0.382. The Hall–Kier alpha value is -2.42. The van der Waals surface area contributed by atoms with E-state index in [1.165, 1.54) is 44.2 Å². The summed E-state index contributed by atoms with van der Waals surface area (Å²) in [6, 6.07) is 15.8. The monoisotopic (exact) mass is 418 g/mol. The highest BCUT2D eigenvalue weighted by atomic mass is 19.1. The minimum absolute atomic E-state index is 0.190. The van der Waals surface area contributed by atoms with E-state index in [2.05, 4.69) is 42.8 Å². The minimum Gasteiger partial charge on any atom is -0.268 e. The number of rotatable bonds is 7.